The highest BCUT2D eigenvalue weighted by Gasteiger charge is 2.18. The molecule has 0 saturated carbocycles. The van der Waals surface area contributed by atoms with Gasteiger partial charge in [-0.1, -0.05) is 17.7 Å². The van der Waals surface area contributed by atoms with Gasteiger partial charge in [-0.2, -0.15) is 0 Å². The maximum Gasteiger partial charge on any atom is 0.412 e. The summed E-state index contributed by atoms with van der Waals surface area (Å²) in [5.74, 6) is -1.13. The third kappa shape index (κ3) is 6.01. The molecule has 0 bridgehead atoms. The van der Waals surface area contributed by atoms with Crippen molar-refractivity contribution in [3.8, 4) is 0 Å². The van der Waals surface area contributed by atoms with Gasteiger partial charge in [0.15, 0.2) is 0 Å². The van der Waals surface area contributed by atoms with E-state index in [1.54, 1.807) is 20.8 Å². The second-order valence-corrected chi connectivity index (χ2v) is 5.88. The van der Waals surface area contributed by atoms with Crippen LogP contribution in [-0.4, -0.2) is 27.9 Å². The molecule has 6 nitrogen and oxygen atoms in total. The number of aliphatic hydroxyl groups is 1. The number of hydrogen-bond acceptors (Lipinski definition) is 4. The van der Waals surface area contributed by atoms with Gasteiger partial charge in [-0.25, -0.2) is 4.79 Å². The van der Waals surface area contributed by atoms with Crippen molar-refractivity contribution in [2.24, 2.45) is 0 Å². The minimum atomic E-state index is -1.20. The first-order chi connectivity index (χ1) is 9.58. The van der Waals surface area contributed by atoms with Crippen molar-refractivity contribution in [1.29, 1.82) is 0 Å². The van der Waals surface area contributed by atoms with Crippen LogP contribution in [0.15, 0.2) is 18.2 Å². The van der Waals surface area contributed by atoms with Crippen LogP contribution in [0.4, 0.5) is 10.5 Å². The van der Waals surface area contributed by atoms with Crippen molar-refractivity contribution in [3.05, 3.63) is 28.8 Å². The van der Waals surface area contributed by atoms with Crippen LogP contribution in [-0.2, 0) is 9.53 Å². The predicted molar refractivity (Wildman–Crippen MR) is 78.5 cm³/mol. The van der Waals surface area contributed by atoms with E-state index in [1.807, 2.05) is 0 Å². The Morgan fingerprint density at radius 2 is 2.00 bits per heavy atom. The lowest BCUT2D eigenvalue weighted by atomic mass is 10.1. The summed E-state index contributed by atoms with van der Waals surface area (Å²) < 4.78 is 5.09. The highest BCUT2D eigenvalue weighted by molar-refractivity contribution is 6.31. The quantitative estimate of drug-likeness (QED) is 0.793. The van der Waals surface area contributed by atoms with Gasteiger partial charge in [-0.05, 0) is 38.5 Å². The average molecular weight is 316 g/mol. The number of anilines is 1. The predicted octanol–water partition coefficient (Wildman–Crippen LogP) is 3.20. The second-order valence-electron chi connectivity index (χ2n) is 5.48. The molecule has 0 unspecified atom stereocenters. The second kappa shape index (κ2) is 6.78. The summed E-state index contributed by atoms with van der Waals surface area (Å²) >= 11 is 5.98. The summed E-state index contributed by atoms with van der Waals surface area (Å²) in [5.41, 5.74) is 0.0558. The maximum absolute atomic E-state index is 11.6. The van der Waals surface area contributed by atoms with Crippen LogP contribution in [0, 0.1) is 0 Å². The van der Waals surface area contributed by atoms with Crippen LogP contribution in [0.2, 0.25) is 5.02 Å². The molecule has 0 aliphatic rings. The number of amides is 1. The lowest BCUT2D eigenvalue weighted by Crippen LogP contribution is -2.27. The Hall–Kier alpha value is -1.79. The first-order valence-electron chi connectivity index (χ1n) is 6.28. The molecule has 21 heavy (non-hydrogen) atoms. The van der Waals surface area contributed by atoms with Gasteiger partial charge in [-0.15, -0.1) is 0 Å². The van der Waals surface area contributed by atoms with E-state index >= 15 is 0 Å². The molecule has 1 atom stereocenters. The monoisotopic (exact) mass is 315 g/mol. The van der Waals surface area contributed by atoms with Crippen molar-refractivity contribution in [3.63, 3.8) is 0 Å². The fourth-order valence-corrected chi connectivity index (χ4v) is 1.88. The Labute approximate surface area is 127 Å². The van der Waals surface area contributed by atoms with Gasteiger partial charge >= 0.3 is 12.1 Å². The van der Waals surface area contributed by atoms with E-state index in [1.165, 1.54) is 18.2 Å². The standard InChI is InChI=1S/C14H18ClNO5/c1-14(2,3)21-13(20)16-8-4-5-9(10(15)6-8)11(17)7-12(18)19/h4-6,11,17H,7H2,1-3H3,(H,16,20)(H,18,19)/t11-/m1/s1. The zero-order chi connectivity index (χ0) is 16.2. The first-order valence-corrected chi connectivity index (χ1v) is 6.65. The summed E-state index contributed by atoms with van der Waals surface area (Å²) in [4.78, 5) is 22.2. The van der Waals surface area contributed by atoms with Crippen molar-refractivity contribution >= 4 is 29.4 Å². The number of hydrogen-bond donors (Lipinski definition) is 3. The van der Waals surface area contributed by atoms with Crippen LogP contribution in [0.3, 0.4) is 0 Å². The maximum atomic E-state index is 11.6. The number of ether oxygens (including phenoxy) is 1. The van der Waals surface area contributed by atoms with Gasteiger partial charge in [0.1, 0.15) is 5.60 Å². The molecule has 1 amide bonds. The van der Waals surface area contributed by atoms with Gasteiger partial charge in [0.25, 0.3) is 0 Å². The smallest absolute Gasteiger partial charge is 0.412 e. The fourth-order valence-electron chi connectivity index (χ4n) is 1.57. The zero-order valence-corrected chi connectivity index (χ0v) is 12.8. The van der Waals surface area contributed by atoms with Gasteiger partial charge in [-0.3, -0.25) is 10.1 Å². The number of halogens is 1. The number of aliphatic carboxylic acids is 1. The minimum Gasteiger partial charge on any atom is -0.481 e. The summed E-state index contributed by atoms with van der Waals surface area (Å²) in [6.45, 7) is 5.22. The molecule has 0 radical (unpaired) electrons. The first kappa shape index (κ1) is 17.3. The molecule has 3 N–H and O–H groups in total. The minimum absolute atomic E-state index is 0.164. The Kier molecular flexibility index (Phi) is 5.57. The number of aliphatic hydroxyl groups excluding tert-OH is 1. The number of carboxylic acids is 1. The number of nitrogens with one attached hydrogen (secondary N) is 1. The summed E-state index contributed by atoms with van der Waals surface area (Å²) in [7, 11) is 0. The Balaban J connectivity index is 2.78. The highest BCUT2D eigenvalue weighted by Crippen LogP contribution is 2.28. The van der Waals surface area contributed by atoms with Crippen LogP contribution in [0.25, 0.3) is 0 Å². The molecule has 0 spiro atoms. The van der Waals surface area contributed by atoms with Gasteiger partial charge < -0.3 is 14.9 Å². The third-order valence-corrected chi connectivity index (χ3v) is 2.70. The molecule has 1 aromatic rings. The zero-order valence-electron chi connectivity index (χ0n) is 12.0. The van der Waals surface area contributed by atoms with Crippen molar-refractivity contribution < 1.29 is 24.5 Å². The van der Waals surface area contributed by atoms with E-state index in [-0.39, 0.29) is 10.6 Å². The normalized spacial score (nSPS) is 12.6. The molecular formula is C14H18ClNO5. The van der Waals surface area contributed by atoms with Crippen LogP contribution >= 0.6 is 11.6 Å². The molecular weight excluding hydrogens is 298 g/mol. The Morgan fingerprint density at radius 3 is 2.48 bits per heavy atom. The molecule has 0 aromatic heterocycles. The SMILES string of the molecule is CC(C)(C)OC(=O)Nc1ccc([C@H](O)CC(=O)O)c(Cl)c1. The third-order valence-electron chi connectivity index (χ3n) is 2.37. The summed E-state index contributed by atoms with van der Waals surface area (Å²) in [5, 5.41) is 21.0. The number of carboxylic acid groups (broad SMARTS) is 1. The molecule has 0 heterocycles. The lowest BCUT2D eigenvalue weighted by molar-refractivity contribution is -0.139. The molecule has 116 valence electrons. The van der Waals surface area contributed by atoms with Gasteiger partial charge in [0.2, 0.25) is 0 Å². The molecule has 1 rings (SSSR count). The average Bonchev–Trinajstić information content (AvgIpc) is 2.24. The fraction of sp³-hybridized carbons (Fsp3) is 0.429. The van der Waals surface area contributed by atoms with E-state index < -0.39 is 30.2 Å². The van der Waals surface area contributed by atoms with Crippen molar-refractivity contribution in [1.82, 2.24) is 0 Å². The molecule has 1 aromatic carbocycles. The summed E-state index contributed by atoms with van der Waals surface area (Å²) in [6, 6.07) is 4.39. The molecule has 0 aliphatic carbocycles. The Morgan fingerprint density at radius 1 is 1.38 bits per heavy atom. The largest absolute Gasteiger partial charge is 0.481 e. The van der Waals surface area contributed by atoms with E-state index in [4.69, 9.17) is 21.4 Å². The van der Waals surface area contributed by atoms with E-state index in [0.717, 1.165) is 0 Å². The highest BCUT2D eigenvalue weighted by atomic mass is 35.5. The number of rotatable bonds is 4. The lowest BCUT2D eigenvalue weighted by Gasteiger charge is -2.20. The number of carbonyl (C=O) groups excluding carboxylic acids is 1. The van der Waals surface area contributed by atoms with Crippen LogP contribution in [0.5, 0.6) is 0 Å². The van der Waals surface area contributed by atoms with E-state index in [9.17, 15) is 14.7 Å². The van der Waals surface area contributed by atoms with Crippen LogP contribution < -0.4 is 5.32 Å². The molecule has 0 fully saturated rings. The van der Waals surface area contributed by atoms with E-state index in [2.05, 4.69) is 5.32 Å². The van der Waals surface area contributed by atoms with Gasteiger partial charge in [0.05, 0.1) is 12.5 Å². The number of benzene rings is 1. The molecule has 0 saturated heterocycles. The van der Waals surface area contributed by atoms with E-state index in [0.29, 0.717) is 5.69 Å². The number of carbonyl (C=O) groups is 2. The summed E-state index contributed by atoms with van der Waals surface area (Å²) in [6.07, 6.45) is -2.28. The van der Waals surface area contributed by atoms with Gasteiger partial charge in [0, 0.05) is 10.7 Å². The van der Waals surface area contributed by atoms with Crippen molar-refractivity contribution in [2.75, 3.05) is 5.32 Å². The van der Waals surface area contributed by atoms with Crippen molar-refractivity contribution in [2.45, 2.75) is 38.9 Å². The Bertz CT molecular complexity index is 539. The molecule has 0 aliphatic heterocycles. The van der Waals surface area contributed by atoms with Crippen LogP contribution in [0.1, 0.15) is 38.9 Å². The topological polar surface area (TPSA) is 95.9 Å². The molecule has 7 heteroatoms.